The van der Waals surface area contributed by atoms with Crippen LogP contribution in [0.5, 0.6) is 17.2 Å². The molecule has 6 rings (SSSR count). The Balaban J connectivity index is 1.22. The highest BCUT2D eigenvalue weighted by molar-refractivity contribution is 7.67. The quantitative estimate of drug-likeness (QED) is 0.0556. The molecule has 0 saturated carbocycles. The third-order valence-electron chi connectivity index (χ3n) is 9.38. The number of methoxy groups -OCH3 is 2. The number of rotatable bonds is 20. The molecule has 33 heteroatoms. The summed E-state index contributed by atoms with van der Waals surface area (Å²) in [5.41, 5.74) is 0.686. The molecule has 0 radical (unpaired) electrons. The summed E-state index contributed by atoms with van der Waals surface area (Å²) in [5.74, 6) is 0.549. The molecule has 2 aliphatic heterocycles. The van der Waals surface area contributed by atoms with Crippen LogP contribution in [-0.2, 0) is 63.2 Å². The van der Waals surface area contributed by atoms with Gasteiger partial charge in [0.05, 0.1) is 39.6 Å². The van der Waals surface area contributed by atoms with Gasteiger partial charge < -0.3 is 73.0 Å². The molecule has 2 heterocycles. The fourth-order valence-corrected chi connectivity index (χ4v) is 12.9. The Morgan fingerprint density at radius 1 is 0.569 bits per heavy atom. The van der Waals surface area contributed by atoms with Gasteiger partial charge in [-0.3, -0.25) is 9.05 Å². The monoisotopic (exact) mass is 1040 g/mol. The van der Waals surface area contributed by atoms with Crippen LogP contribution < -0.4 is 14.2 Å². The van der Waals surface area contributed by atoms with Crippen LogP contribution in [0.25, 0.3) is 21.5 Å². The average Bonchev–Trinajstić information content (AvgIpc) is 3.69. The van der Waals surface area contributed by atoms with Gasteiger partial charge in [-0.25, -0.2) is 27.4 Å². The van der Waals surface area contributed by atoms with Crippen LogP contribution in [-0.4, -0.2) is 107 Å². The molecule has 4 aromatic carbocycles. The van der Waals surface area contributed by atoms with Gasteiger partial charge in [0.25, 0.3) is 0 Å². The van der Waals surface area contributed by atoms with Gasteiger partial charge in [-0.2, -0.15) is 17.2 Å². The standard InChI is InChI=1S/C32H40O27P6/c1-49-25-13-20-9-21(8-7-19(20)10-22(25)27-14-24(33)28(54-27)15-51-62(41,42)58-64(45,46)56-60(35,36)37)53-32-29(16-52-63(43,44)59-65(47,48)57-61(38,39)40)55-31(30(32)34)23-11-17-5-3-4-6-18(17)12-26(23)50-2/h3-13,24,27-34H,14-16H2,1-2H3,(H,41,42)(H,43,44)(H,45,46)(H,47,48)(H2,35,36,37)(H2,38,39,40)/t24-,27-,28-,29-,30-,31+,32+/m1/s1. The Kier molecular flexibility index (Phi) is 15.8. The molecule has 11 atom stereocenters. The van der Waals surface area contributed by atoms with Crippen LogP contribution in [0, 0.1) is 0 Å². The fourth-order valence-electron chi connectivity index (χ4n) is 6.86. The summed E-state index contributed by atoms with van der Waals surface area (Å²) in [4.78, 5) is 74.3. The van der Waals surface area contributed by atoms with Crippen molar-refractivity contribution in [2.24, 2.45) is 0 Å². The Morgan fingerprint density at radius 2 is 1.06 bits per heavy atom. The van der Waals surface area contributed by atoms with Gasteiger partial charge >= 0.3 is 46.9 Å². The highest BCUT2D eigenvalue weighted by atomic mass is 31.3. The molecule has 0 bridgehead atoms. The Hall–Kier alpha value is -2.54. The molecule has 65 heavy (non-hydrogen) atoms. The number of fused-ring (bicyclic) bond motifs is 2. The average molecular weight is 1040 g/mol. The van der Waals surface area contributed by atoms with E-state index in [1.54, 1.807) is 48.5 Å². The molecule has 27 nitrogen and oxygen atoms in total. The number of aliphatic hydroxyl groups is 2. The molecule has 4 unspecified atom stereocenters. The van der Waals surface area contributed by atoms with Crippen LogP contribution in [0.4, 0.5) is 0 Å². The molecule has 360 valence electrons. The summed E-state index contributed by atoms with van der Waals surface area (Å²) in [5, 5.41) is 24.9. The minimum absolute atomic E-state index is 0.0773. The van der Waals surface area contributed by atoms with E-state index in [-0.39, 0.29) is 23.7 Å². The van der Waals surface area contributed by atoms with Crippen molar-refractivity contribution in [3.05, 3.63) is 77.9 Å². The zero-order valence-electron chi connectivity index (χ0n) is 33.1. The van der Waals surface area contributed by atoms with E-state index in [1.807, 2.05) is 6.07 Å². The Labute approximate surface area is 366 Å². The second-order valence-electron chi connectivity index (χ2n) is 14.0. The summed E-state index contributed by atoms with van der Waals surface area (Å²) in [6.07, 6.45) is -9.53. The van der Waals surface area contributed by atoms with Crippen molar-refractivity contribution in [3.8, 4) is 17.2 Å². The highest BCUT2D eigenvalue weighted by Crippen LogP contribution is 2.67. The summed E-state index contributed by atoms with van der Waals surface area (Å²) in [7, 11) is -31.5. The predicted molar refractivity (Wildman–Crippen MR) is 217 cm³/mol. The van der Waals surface area contributed by atoms with Crippen molar-refractivity contribution < 1.29 is 127 Å². The number of ether oxygens (including phenoxy) is 5. The van der Waals surface area contributed by atoms with Crippen LogP contribution in [0.2, 0.25) is 0 Å². The smallest absolute Gasteiger partial charge is 0.490 e. The zero-order chi connectivity index (χ0) is 47.9. The molecule has 2 fully saturated rings. The summed E-state index contributed by atoms with van der Waals surface area (Å²) < 4.78 is 124. The first-order chi connectivity index (χ1) is 30.1. The molecular weight excluding hydrogens is 1000 g/mol. The molecule has 4 aromatic rings. The van der Waals surface area contributed by atoms with Crippen LogP contribution in [0.1, 0.15) is 29.8 Å². The van der Waals surface area contributed by atoms with Crippen molar-refractivity contribution in [3.63, 3.8) is 0 Å². The third kappa shape index (κ3) is 13.8. The van der Waals surface area contributed by atoms with E-state index >= 15 is 0 Å². The fraction of sp³-hybridized carbons (Fsp3) is 0.375. The number of phosphoric acid groups is 6. The minimum atomic E-state index is -5.88. The molecule has 0 amide bonds. The van der Waals surface area contributed by atoms with E-state index in [0.29, 0.717) is 27.3 Å². The maximum Gasteiger partial charge on any atom is 0.490 e. The maximum absolute atomic E-state index is 12.7. The molecular formula is C32H40O27P6. The van der Waals surface area contributed by atoms with Gasteiger partial charge in [0, 0.05) is 17.5 Å². The second-order valence-corrected chi connectivity index (χ2v) is 22.8. The van der Waals surface area contributed by atoms with Crippen molar-refractivity contribution in [2.45, 2.75) is 49.1 Å². The van der Waals surface area contributed by atoms with Gasteiger partial charge in [-0.15, -0.1) is 0 Å². The van der Waals surface area contributed by atoms with Gasteiger partial charge in [-0.1, -0.05) is 30.3 Å². The molecule has 0 aliphatic carbocycles. The number of aliphatic hydroxyl groups excluding tert-OH is 2. The van der Waals surface area contributed by atoms with E-state index in [9.17, 15) is 57.2 Å². The lowest BCUT2D eigenvalue weighted by atomic mass is 9.97. The number of phosphoric ester groups is 2. The first-order valence-corrected chi connectivity index (χ1v) is 27.2. The van der Waals surface area contributed by atoms with Crippen LogP contribution in [0.3, 0.4) is 0 Å². The van der Waals surface area contributed by atoms with Gasteiger partial charge in [-0.05, 0) is 57.9 Å². The predicted octanol–water partition coefficient (Wildman–Crippen LogP) is 4.14. The number of hydrogen-bond acceptors (Lipinski definition) is 19. The second kappa shape index (κ2) is 19.8. The van der Waals surface area contributed by atoms with Crippen LogP contribution >= 0.6 is 46.9 Å². The molecule has 10 N–H and O–H groups in total. The number of hydrogen-bond donors (Lipinski definition) is 10. The third-order valence-corrected chi connectivity index (χ3v) is 17.0. The lowest BCUT2D eigenvalue weighted by Crippen LogP contribution is -2.38. The Morgan fingerprint density at radius 3 is 1.62 bits per heavy atom. The van der Waals surface area contributed by atoms with Crippen molar-refractivity contribution >= 4 is 68.5 Å². The summed E-state index contributed by atoms with van der Waals surface area (Å²) in [6.45, 7) is -1.90. The van der Waals surface area contributed by atoms with E-state index in [4.69, 9.17) is 47.8 Å². The van der Waals surface area contributed by atoms with Crippen molar-refractivity contribution in [1.82, 2.24) is 0 Å². The lowest BCUT2D eigenvalue weighted by Gasteiger charge is -2.23. The minimum Gasteiger partial charge on any atom is -0.496 e. The first-order valence-electron chi connectivity index (χ1n) is 18.1. The molecule has 2 saturated heterocycles. The first kappa shape index (κ1) is 51.8. The lowest BCUT2D eigenvalue weighted by molar-refractivity contribution is -0.0225. The highest BCUT2D eigenvalue weighted by Gasteiger charge is 2.49. The van der Waals surface area contributed by atoms with Gasteiger partial charge in [0.2, 0.25) is 0 Å². The van der Waals surface area contributed by atoms with Gasteiger partial charge in [0.1, 0.15) is 41.7 Å². The van der Waals surface area contributed by atoms with E-state index < -0.39 is 103 Å². The van der Waals surface area contributed by atoms with Crippen LogP contribution in [0.15, 0.2) is 66.7 Å². The molecule has 0 aromatic heterocycles. The molecule has 2 aliphatic rings. The van der Waals surface area contributed by atoms with E-state index in [2.05, 4.69) is 21.8 Å². The van der Waals surface area contributed by atoms with E-state index in [0.717, 1.165) is 5.39 Å². The van der Waals surface area contributed by atoms with Crippen molar-refractivity contribution in [2.75, 3.05) is 27.4 Å². The number of benzene rings is 4. The topological polar surface area (TPSA) is 406 Å². The Bertz CT molecular complexity index is 2690. The maximum atomic E-state index is 12.7. The largest absolute Gasteiger partial charge is 0.496 e. The SMILES string of the molecule is COc1cc2cc(O[C@@H]3[C@H](O)[C@H](c4cc5ccccc5cc4OC)O[C@@H]3COP(=O)(O)OP(=O)(O)OP(=O)(O)O)ccc2cc1[C@H]1C[C@@H](O)[C@@H](COP(=O)(O)OP(=O)(O)OP(=O)(O)O)O1. The zero-order valence-corrected chi connectivity index (χ0v) is 38.5. The summed E-state index contributed by atoms with van der Waals surface area (Å²) in [6, 6.07) is 18.2. The molecule has 0 spiro atoms. The normalized spacial score (nSPS) is 26.6. The summed E-state index contributed by atoms with van der Waals surface area (Å²) >= 11 is 0. The van der Waals surface area contributed by atoms with Gasteiger partial charge in [0.15, 0.2) is 6.10 Å². The van der Waals surface area contributed by atoms with Crippen molar-refractivity contribution in [1.29, 1.82) is 0 Å². The van der Waals surface area contributed by atoms with E-state index in [1.165, 1.54) is 26.4 Å².